The summed E-state index contributed by atoms with van der Waals surface area (Å²) >= 11 is 0. The Morgan fingerprint density at radius 2 is 2.09 bits per heavy atom. The van der Waals surface area contributed by atoms with Crippen molar-refractivity contribution in [3.8, 4) is 11.5 Å². The fourth-order valence-electron chi connectivity index (χ4n) is 2.95. The SMILES string of the molecule is COc1ccc(OC)c(CNC(=O)c2n[nH]c3c2CCCC3)c1. The molecule has 6 heteroatoms. The number of aromatic nitrogens is 2. The first-order chi connectivity index (χ1) is 11.2. The largest absolute Gasteiger partial charge is 0.497 e. The number of nitrogens with zero attached hydrogens (tertiary/aromatic N) is 1. The molecule has 0 bridgehead atoms. The fourth-order valence-corrected chi connectivity index (χ4v) is 2.95. The van der Waals surface area contributed by atoms with Crippen molar-refractivity contribution in [2.24, 2.45) is 0 Å². The van der Waals surface area contributed by atoms with Crippen LogP contribution in [0.4, 0.5) is 0 Å². The third-order valence-corrected chi connectivity index (χ3v) is 4.20. The molecular formula is C17H21N3O3. The molecule has 3 rings (SSSR count). The molecule has 23 heavy (non-hydrogen) atoms. The summed E-state index contributed by atoms with van der Waals surface area (Å²) < 4.78 is 10.6. The molecule has 0 atom stereocenters. The summed E-state index contributed by atoms with van der Waals surface area (Å²) in [6.45, 7) is 0.362. The third kappa shape index (κ3) is 3.16. The van der Waals surface area contributed by atoms with Gasteiger partial charge in [0.1, 0.15) is 11.5 Å². The summed E-state index contributed by atoms with van der Waals surface area (Å²) in [4.78, 5) is 12.4. The van der Waals surface area contributed by atoms with Crippen LogP contribution in [0, 0.1) is 0 Å². The maximum absolute atomic E-state index is 12.4. The van der Waals surface area contributed by atoms with Crippen molar-refractivity contribution in [3.63, 3.8) is 0 Å². The number of H-pyrrole nitrogens is 1. The molecule has 1 aliphatic rings. The Morgan fingerprint density at radius 1 is 1.26 bits per heavy atom. The van der Waals surface area contributed by atoms with Crippen LogP contribution >= 0.6 is 0 Å². The van der Waals surface area contributed by atoms with E-state index >= 15 is 0 Å². The summed E-state index contributed by atoms with van der Waals surface area (Å²) in [7, 11) is 3.22. The smallest absolute Gasteiger partial charge is 0.272 e. The molecule has 1 amide bonds. The molecule has 2 N–H and O–H groups in total. The van der Waals surface area contributed by atoms with E-state index in [1.54, 1.807) is 14.2 Å². The van der Waals surface area contributed by atoms with Crippen LogP contribution in [0.2, 0.25) is 0 Å². The second-order valence-electron chi connectivity index (χ2n) is 5.60. The van der Waals surface area contributed by atoms with Crippen LogP contribution in [0.1, 0.15) is 40.2 Å². The van der Waals surface area contributed by atoms with E-state index in [-0.39, 0.29) is 5.91 Å². The standard InChI is InChI=1S/C17H21N3O3/c1-22-12-7-8-15(23-2)11(9-12)10-18-17(21)16-13-5-3-4-6-14(13)19-20-16/h7-9H,3-6,10H2,1-2H3,(H,18,21)(H,19,20). The van der Waals surface area contributed by atoms with Gasteiger partial charge in [-0.05, 0) is 43.9 Å². The quantitative estimate of drug-likeness (QED) is 0.887. The number of benzene rings is 1. The lowest BCUT2D eigenvalue weighted by atomic mass is 9.96. The lowest BCUT2D eigenvalue weighted by Gasteiger charge is -2.13. The average Bonchev–Trinajstić information content (AvgIpc) is 3.03. The molecule has 122 valence electrons. The number of ether oxygens (including phenoxy) is 2. The zero-order chi connectivity index (χ0) is 16.2. The Bertz CT molecular complexity index is 709. The topological polar surface area (TPSA) is 76.2 Å². The molecule has 0 unspecified atom stereocenters. The summed E-state index contributed by atoms with van der Waals surface area (Å²) in [6.07, 6.45) is 4.14. The molecule has 0 radical (unpaired) electrons. The lowest BCUT2D eigenvalue weighted by Crippen LogP contribution is -2.25. The van der Waals surface area contributed by atoms with Crippen LogP contribution in [0.25, 0.3) is 0 Å². The molecule has 6 nitrogen and oxygen atoms in total. The van der Waals surface area contributed by atoms with Gasteiger partial charge in [0.05, 0.1) is 14.2 Å². The van der Waals surface area contributed by atoms with Crippen LogP contribution in [0.3, 0.4) is 0 Å². The Balaban J connectivity index is 1.73. The van der Waals surface area contributed by atoms with Crippen LogP contribution in [0.15, 0.2) is 18.2 Å². The van der Waals surface area contributed by atoms with Gasteiger partial charge in [-0.25, -0.2) is 0 Å². The van der Waals surface area contributed by atoms with Crippen molar-refractivity contribution >= 4 is 5.91 Å². The van der Waals surface area contributed by atoms with Crippen molar-refractivity contribution in [3.05, 3.63) is 40.7 Å². The highest BCUT2D eigenvalue weighted by molar-refractivity contribution is 5.94. The molecule has 2 aromatic rings. The van der Waals surface area contributed by atoms with Gasteiger partial charge in [0.15, 0.2) is 5.69 Å². The first-order valence-corrected chi connectivity index (χ1v) is 7.78. The van der Waals surface area contributed by atoms with Gasteiger partial charge in [-0.15, -0.1) is 0 Å². The summed E-state index contributed by atoms with van der Waals surface area (Å²) in [5.74, 6) is 1.29. The number of carbonyl (C=O) groups is 1. The number of amides is 1. The van der Waals surface area contributed by atoms with Crippen LogP contribution < -0.4 is 14.8 Å². The Kier molecular flexibility index (Phi) is 4.50. The van der Waals surface area contributed by atoms with Gasteiger partial charge in [0.25, 0.3) is 5.91 Å². The minimum absolute atomic E-state index is 0.158. The van der Waals surface area contributed by atoms with Gasteiger partial charge < -0.3 is 14.8 Å². The zero-order valence-electron chi connectivity index (χ0n) is 13.4. The molecule has 1 aromatic heterocycles. The predicted octanol–water partition coefficient (Wildman–Crippen LogP) is 2.24. The Hall–Kier alpha value is -2.50. The van der Waals surface area contributed by atoms with Gasteiger partial charge in [0, 0.05) is 23.4 Å². The molecule has 0 fully saturated rings. The van der Waals surface area contributed by atoms with Crippen molar-refractivity contribution in [2.75, 3.05) is 14.2 Å². The van der Waals surface area contributed by atoms with Crippen molar-refractivity contribution in [1.29, 1.82) is 0 Å². The average molecular weight is 315 g/mol. The number of hydrogen-bond donors (Lipinski definition) is 2. The Labute approximate surface area is 135 Å². The van der Waals surface area contributed by atoms with Gasteiger partial charge in [-0.1, -0.05) is 0 Å². The number of rotatable bonds is 5. The van der Waals surface area contributed by atoms with E-state index in [0.717, 1.165) is 54.0 Å². The molecule has 0 aliphatic heterocycles. The maximum atomic E-state index is 12.4. The van der Waals surface area contributed by atoms with Gasteiger partial charge in [0.2, 0.25) is 0 Å². The molecule has 1 aliphatic carbocycles. The van der Waals surface area contributed by atoms with Crippen molar-refractivity contribution in [1.82, 2.24) is 15.5 Å². The third-order valence-electron chi connectivity index (χ3n) is 4.20. The van der Waals surface area contributed by atoms with Gasteiger partial charge in [-0.2, -0.15) is 5.10 Å². The van der Waals surface area contributed by atoms with E-state index in [9.17, 15) is 4.79 Å². The molecule has 0 spiro atoms. The normalized spacial score (nSPS) is 13.3. The lowest BCUT2D eigenvalue weighted by molar-refractivity contribution is 0.0944. The van der Waals surface area contributed by atoms with E-state index in [2.05, 4.69) is 15.5 Å². The Morgan fingerprint density at radius 3 is 2.87 bits per heavy atom. The first kappa shape index (κ1) is 15.4. The molecule has 0 saturated carbocycles. The van der Waals surface area contributed by atoms with Crippen molar-refractivity contribution in [2.45, 2.75) is 32.2 Å². The van der Waals surface area contributed by atoms with Gasteiger partial charge >= 0.3 is 0 Å². The van der Waals surface area contributed by atoms with Crippen LogP contribution in [-0.2, 0) is 19.4 Å². The second kappa shape index (κ2) is 6.73. The molecular weight excluding hydrogens is 294 g/mol. The number of nitrogens with one attached hydrogen (secondary N) is 2. The summed E-state index contributed by atoms with van der Waals surface area (Å²) in [5, 5.41) is 10.1. The number of aryl methyl sites for hydroxylation is 1. The highest BCUT2D eigenvalue weighted by atomic mass is 16.5. The molecule has 1 heterocycles. The number of hydrogen-bond acceptors (Lipinski definition) is 4. The van der Waals surface area contributed by atoms with Crippen molar-refractivity contribution < 1.29 is 14.3 Å². The summed E-state index contributed by atoms with van der Waals surface area (Å²) in [6, 6.07) is 5.52. The van der Waals surface area contributed by atoms with E-state index in [4.69, 9.17) is 9.47 Å². The highest BCUT2D eigenvalue weighted by Gasteiger charge is 2.21. The minimum Gasteiger partial charge on any atom is -0.497 e. The monoisotopic (exact) mass is 315 g/mol. The van der Waals surface area contributed by atoms with E-state index in [1.807, 2.05) is 18.2 Å². The first-order valence-electron chi connectivity index (χ1n) is 7.78. The van der Waals surface area contributed by atoms with E-state index < -0.39 is 0 Å². The van der Waals surface area contributed by atoms with Gasteiger partial charge in [-0.3, -0.25) is 9.89 Å². The zero-order valence-corrected chi connectivity index (χ0v) is 13.4. The maximum Gasteiger partial charge on any atom is 0.272 e. The van der Waals surface area contributed by atoms with Crippen LogP contribution in [0.5, 0.6) is 11.5 Å². The second-order valence-corrected chi connectivity index (χ2v) is 5.60. The number of aromatic amines is 1. The number of carbonyl (C=O) groups excluding carboxylic acids is 1. The van der Waals surface area contributed by atoms with E-state index in [1.165, 1.54) is 0 Å². The van der Waals surface area contributed by atoms with Crippen LogP contribution in [-0.4, -0.2) is 30.3 Å². The highest BCUT2D eigenvalue weighted by Crippen LogP contribution is 2.25. The summed E-state index contributed by atoms with van der Waals surface area (Å²) in [5.41, 5.74) is 3.54. The minimum atomic E-state index is -0.158. The number of fused-ring (bicyclic) bond motifs is 1. The molecule has 1 aromatic carbocycles. The fraction of sp³-hybridized carbons (Fsp3) is 0.412. The predicted molar refractivity (Wildman–Crippen MR) is 85.9 cm³/mol. The number of methoxy groups -OCH3 is 2. The van der Waals surface area contributed by atoms with E-state index in [0.29, 0.717) is 12.2 Å². The molecule has 0 saturated heterocycles.